The molecule has 1 N–H and O–H groups in total. The molecule has 11 heteroatoms. The van der Waals surface area contributed by atoms with Crippen LogP contribution in [-0.2, 0) is 21.7 Å². The van der Waals surface area contributed by atoms with Crippen molar-refractivity contribution in [3.05, 3.63) is 126 Å². The minimum Gasteiger partial charge on any atom is -0.382 e. The molecule has 0 saturated carbocycles. The van der Waals surface area contributed by atoms with E-state index in [1.807, 2.05) is 91.9 Å². The van der Waals surface area contributed by atoms with Gasteiger partial charge in [0.1, 0.15) is 11.8 Å². The number of nitrogens with zero attached hydrogens (tertiary/aromatic N) is 5. The number of aliphatic hydroxyl groups is 1. The number of hydrogen-bond acceptors (Lipinski definition) is 6. The van der Waals surface area contributed by atoms with E-state index in [2.05, 4.69) is 16.9 Å². The Morgan fingerprint density at radius 2 is 1.80 bits per heavy atom. The first-order chi connectivity index (χ1) is 24.0. The first-order valence-electron chi connectivity index (χ1n) is 17.0. The van der Waals surface area contributed by atoms with Crippen molar-refractivity contribution in [3.63, 3.8) is 0 Å². The molecule has 5 aromatic rings. The molecule has 3 aliphatic rings. The van der Waals surface area contributed by atoms with Gasteiger partial charge in [-0.3, -0.25) is 19.2 Å². The highest BCUT2D eigenvalue weighted by atomic mass is 28.4. The molecule has 50 heavy (non-hydrogen) atoms. The van der Waals surface area contributed by atoms with Crippen LogP contribution in [0.4, 0.5) is 21.2 Å². The zero-order valence-corrected chi connectivity index (χ0v) is 29.2. The summed E-state index contributed by atoms with van der Waals surface area (Å²) in [7, 11) is -3.42. The maximum atomic E-state index is 16.5. The lowest BCUT2D eigenvalue weighted by Gasteiger charge is -2.31. The summed E-state index contributed by atoms with van der Waals surface area (Å²) >= 11 is 0. The summed E-state index contributed by atoms with van der Waals surface area (Å²) < 4.78 is 25.0. The molecule has 1 fully saturated rings. The van der Waals surface area contributed by atoms with Gasteiger partial charge in [0.25, 0.3) is 11.8 Å². The lowest BCUT2D eigenvalue weighted by atomic mass is 9.82. The van der Waals surface area contributed by atoms with E-state index < -0.39 is 37.7 Å². The Hall–Kier alpha value is -4.97. The Bertz CT molecular complexity index is 2160. The summed E-state index contributed by atoms with van der Waals surface area (Å²) in [5, 5.41) is 21.2. The van der Waals surface area contributed by atoms with E-state index in [1.165, 1.54) is 0 Å². The average Bonchev–Trinajstić information content (AvgIpc) is 3.84. The Morgan fingerprint density at radius 1 is 1.04 bits per heavy atom. The van der Waals surface area contributed by atoms with Crippen LogP contribution in [0.25, 0.3) is 10.8 Å². The number of aliphatic hydroxyl groups excluding tert-OH is 1. The normalized spacial score (nSPS) is 23.3. The third-order valence-corrected chi connectivity index (χ3v) is 13.1. The molecule has 8 rings (SSSR count). The monoisotopic (exact) mass is 687 g/mol. The summed E-state index contributed by atoms with van der Waals surface area (Å²) in [4.78, 5) is 31.9. The van der Waals surface area contributed by atoms with Crippen LogP contribution in [0.3, 0.4) is 0 Å². The number of benzene rings is 4. The molecule has 0 unspecified atom stereocenters. The van der Waals surface area contributed by atoms with E-state index in [0.717, 1.165) is 16.5 Å². The number of anilines is 3. The van der Waals surface area contributed by atoms with Crippen LogP contribution in [0.15, 0.2) is 104 Å². The number of aryl methyl sites for hydroxylation is 1. The smallest absolute Gasteiger partial charge is 0.264 e. The van der Waals surface area contributed by atoms with Crippen molar-refractivity contribution >= 4 is 48.1 Å². The Kier molecular flexibility index (Phi) is 7.63. The Balaban J connectivity index is 1.16. The number of halogens is 1. The second kappa shape index (κ2) is 11.8. The van der Waals surface area contributed by atoms with Crippen LogP contribution >= 0.6 is 0 Å². The van der Waals surface area contributed by atoms with E-state index in [0.29, 0.717) is 46.7 Å². The number of ether oxygens (including phenoxy) is 1. The molecule has 0 bridgehead atoms. The highest BCUT2D eigenvalue weighted by Crippen LogP contribution is 2.61. The number of rotatable bonds is 9. The van der Waals surface area contributed by atoms with Crippen LogP contribution in [-0.4, -0.2) is 53.0 Å². The fraction of sp³-hybridized carbons (Fsp3) is 0.282. The minimum atomic E-state index is -3.42. The second-order valence-corrected chi connectivity index (χ2v) is 17.8. The average molecular weight is 688 g/mol. The van der Waals surface area contributed by atoms with Crippen LogP contribution in [0, 0.1) is 5.92 Å². The van der Waals surface area contributed by atoms with Gasteiger partial charge in [0.15, 0.2) is 5.60 Å². The van der Waals surface area contributed by atoms with Gasteiger partial charge in [-0.2, -0.15) is 0 Å². The standard InChI is InChI=1S/C39H38FN5O4Si/c1-5-20-44-31-18-17-27(45-32-16-10-14-25-13-9-15-28(34(25)32)37(45)47)22-29(31)39(38(44)48)24(2)36(50(3,4)40)33(49-39)19-21-43-23-30(41-42-43)35(46)26-11-7-6-8-12-26/h5-18,22-24,33,35-36,46H,1,19-21H2,2-4H3/t24-,33+,35+,36-,39+/m0/s1. The summed E-state index contributed by atoms with van der Waals surface area (Å²) in [5.41, 5.74) is 2.46. The zero-order valence-electron chi connectivity index (χ0n) is 28.2. The van der Waals surface area contributed by atoms with E-state index >= 15 is 4.11 Å². The second-order valence-electron chi connectivity index (χ2n) is 14.0. The largest absolute Gasteiger partial charge is 0.382 e. The van der Waals surface area contributed by atoms with Gasteiger partial charge in [0.2, 0.25) is 8.41 Å². The number of aromatic nitrogens is 3. The molecular formula is C39H38FN5O4Si. The quantitative estimate of drug-likeness (QED) is 0.1000. The van der Waals surface area contributed by atoms with Crippen molar-refractivity contribution in [1.29, 1.82) is 0 Å². The molecule has 1 aromatic heterocycles. The Labute approximate surface area is 290 Å². The fourth-order valence-electron chi connectivity index (χ4n) is 8.54. The predicted octanol–water partition coefficient (Wildman–Crippen LogP) is 7.20. The van der Waals surface area contributed by atoms with Crippen LogP contribution < -0.4 is 9.80 Å². The summed E-state index contributed by atoms with van der Waals surface area (Å²) in [5.74, 6) is -0.900. The lowest BCUT2D eigenvalue weighted by Crippen LogP contribution is -2.45. The van der Waals surface area contributed by atoms with Crippen molar-refractivity contribution in [2.75, 3.05) is 16.3 Å². The van der Waals surface area contributed by atoms with Gasteiger partial charge in [0, 0.05) is 41.2 Å². The van der Waals surface area contributed by atoms with Crippen molar-refractivity contribution in [2.45, 2.75) is 56.3 Å². The third kappa shape index (κ3) is 4.78. The van der Waals surface area contributed by atoms with E-state index in [9.17, 15) is 14.7 Å². The van der Waals surface area contributed by atoms with Crippen molar-refractivity contribution in [1.82, 2.24) is 15.0 Å². The van der Waals surface area contributed by atoms with Crippen molar-refractivity contribution < 1.29 is 23.5 Å². The summed E-state index contributed by atoms with van der Waals surface area (Å²) in [6.07, 6.45) is 2.22. The summed E-state index contributed by atoms with van der Waals surface area (Å²) in [6, 6.07) is 26.4. The van der Waals surface area contributed by atoms with E-state index in [-0.39, 0.29) is 18.4 Å². The number of amides is 2. The molecule has 9 nitrogen and oxygen atoms in total. The maximum absolute atomic E-state index is 16.5. The van der Waals surface area contributed by atoms with Crippen LogP contribution in [0.5, 0.6) is 0 Å². The SMILES string of the molecule is C=CCN1C(=O)[C@]2(O[C@H](CCn3cc([C@H](O)c4ccccc4)nn3)[C@@H]([Si](C)(C)F)[C@@H]2C)c2cc(N3C(=O)c4cccc5cccc3c45)ccc21. The zero-order chi connectivity index (χ0) is 34.9. The van der Waals surface area contributed by atoms with Crippen LogP contribution in [0.2, 0.25) is 18.6 Å². The molecule has 4 aromatic carbocycles. The first-order valence-corrected chi connectivity index (χ1v) is 19.9. The van der Waals surface area contributed by atoms with E-state index in [4.69, 9.17) is 4.74 Å². The molecule has 3 aliphatic heterocycles. The minimum absolute atomic E-state index is 0.143. The van der Waals surface area contributed by atoms with Gasteiger partial charge in [-0.05, 0) is 60.8 Å². The molecule has 1 spiro atoms. The van der Waals surface area contributed by atoms with Gasteiger partial charge >= 0.3 is 0 Å². The molecular weight excluding hydrogens is 650 g/mol. The van der Waals surface area contributed by atoms with Crippen LogP contribution in [0.1, 0.15) is 46.6 Å². The van der Waals surface area contributed by atoms with Crippen molar-refractivity contribution in [2.24, 2.45) is 5.92 Å². The number of carbonyl (C=O) groups excluding carboxylic acids is 2. The first kappa shape index (κ1) is 32.2. The van der Waals surface area contributed by atoms with E-state index in [1.54, 1.807) is 39.8 Å². The predicted molar refractivity (Wildman–Crippen MR) is 193 cm³/mol. The van der Waals surface area contributed by atoms with Crippen molar-refractivity contribution in [3.8, 4) is 0 Å². The van der Waals surface area contributed by atoms with Gasteiger partial charge in [-0.1, -0.05) is 72.8 Å². The van der Waals surface area contributed by atoms with Gasteiger partial charge in [-0.25, -0.2) is 0 Å². The number of hydrogen-bond donors (Lipinski definition) is 1. The van der Waals surface area contributed by atoms with Gasteiger partial charge in [-0.15, -0.1) is 11.7 Å². The summed E-state index contributed by atoms with van der Waals surface area (Å²) in [6.45, 7) is 9.77. The third-order valence-electron chi connectivity index (χ3n) is 10.7. The molecule has 5 atom stereocenters. The lowest BCUT2D eigenvalue weighted by molar-refractivity contribution is -0.145. The molecule has 2 amide bonds. The molecule has 1 saturated heterocycles. The topological polar surface area (TPSA) is 101 Å². The molecule has 4 heterocycles. The fourth-order valence-corrected chi connectivity index (χ4v) is 11.1. The van der Waals surface area contributed by atoms with Gasteiger partial charge in [0.05, 0.1) is 29.2 Å². The highest BCUT2D eigenvalue weighted by Gasteiger charge is 2.66. The maximum Gasteiger partial charge on any atom is 0.264 e. The Morgan fingerprint density at radius 3 is 2.54 bits per heavy atom. The number of carbonyl (C=O) groups is 2. The highest BCUT2D eigenvalue weighted by molar-refractivity contribution is 6.72. The molecule has 0 radical (unpaired) electrons. The van der Waals surface area contributed by atoms with Gasteiger partial charge < -0.3 is 18.9 Å². The number of fused-ring (bicyclic) bond motifs is 2. The molecule has 254 valence electrons. The molecule has 0 aliphatic carbocycles.